The Labute approximate surface area is 155 Å². The minimum atomic E-state index is -0.823. The van der Waals surface area contributed by atoms with Crippen molar-refractivity contribution < 1.29 is 8.78 Å². The summed E-state index contributed by atoms with van der Waals surface area (Å²) in [5.41, 5.74) is 3.00. The predicted molar refractivity (Wildman–Crippen MR) is 100 cm³/mol. The Hall–Kier alpha value is -3.28. The third-order valence-corrected chi connectivity index (χ3v) is 4.61. The lowest BCUT2D eigenvalue weighted by Gasteiger charge is -2.12. The molecule has 0 radical (unpaired) electrons. The molecule has 0 aliphatic rings. The third kappa shape index (κ3) is 3.03. The Balaban J connectivity index is 1.86. The number of hydrogen-bond acceptors (Lipinski definition) is 2. The van der Waals surface area contributed by atoms with Crippen molar-refractivity contribution in [2.75, 3.05) is 0 Å². The van der Waals surface area contributed by atoms with Gasteiger partial charge in [-0.05, 0) is 12.5 Å². The zero-order valence-corrected chi connectivity index (χ0v) is 15.0. The number of benzene rings is 2. The largest absolute Gasteiger partial charge is 0.333 e. The maximum absolute atomic E-state index is 14.4. The lowest BCUT2D eigenvalue weighted by Crippen LogP contribution is -2.07. The van der Waals surface area contributed by atoms with Crippen LogP contribution < -0.4 is 0 Å². The highest BCUT2D eigenvalue weighted by atomic mass is 19.2. The van der Waals surface area contributed by atoms with Crippen molar-refractivity contribution in [1.29, 1.82) is 0 Å². The van der Waals surface area contributed by atoms with Gasteiger partial charge in [-0.2, -0.15) is 0 Å². The second-order valence-electron chi connectivity index (χ2n) is 6.47. The van der Waals surface area contributed by atoms with Gasteiger partial charge in [-0.25, -0.2) is 18.7 Å². The number of rotatable bonds is 4. The summed E-state index contributed by atoms with van der Waals surface area (Å²) in [5.74, 6) is -0.926. The van der Waals surface area contributed by atoms with Crippen molar-refractivity contribution in [3.8, 4) is 22.8 Å². The first-order valence-corrected chi connectivity index (χ1v) is 8.58. The molecule has 2 heterocycles. The molecule has 27 heavy (non-hydrogen) atoms. The second-order valence-corrected chi connectivity index (χ2v) is 6.47. The minimum absolute atomic E-state index is 0.158. The number of imidazole rings is 2. The van der Waals surface area contributed by atoms with Gasteiger partial charge in [0, 0.05) is 30.6 Å². The molecule has 0 saturated carbocycles. The molecule has 0 spiro atoms. The molecular formula is C21H18F2N4. The van der Waals surface area contributed by atoms with Crippen molar-refractivity contribution in [2.45, 2.75) is 13.5 Å². The average Bonchev–Trinajstić information content (AvgIpc) is 3.28. The number of nitrogens with zero attached hydrogens (tertiary/aromatic N) is 4. The SMILES string of the molecule is Cc1ccc(Cn2cnc(-c3ccccc3)c2-c2nccn2C)c(F)c1F. The van der Waals surface area contributed by atoms with Crippen molar-refractivity contribution in [2.24, 2.45) is 7.05 Å². The molecule has 136 valence electrons. The second kappa shape index (κ2) is 6.79. The van der Waals surface area contributed by atoms with Crippen molar-refractivity contribution in [3.05, 3.63) is 83.9 Å². The van der Waals surface area contributed by atoms with E-state index in [-0.39, 0.29) is 17.7 Å². The molecule has 0 amide bonds. The maximum Gasteiger partial charge on any atom is 0.164 e. The summed E-state index contributed by atoms with van der Waals surface area (Å²) in [6, 6.07) is 12.9. The van der Waals surface area contributed by atoms with Crippen LogP contribution in [0, 0.1) is 18.6 Å². The highest BCUT2D eigenvalue weighted by molar-refractivity contribution is 5.75. The summed E-state index contributed by atoms with van der Waals surface area (Å²) in [6.07, 6.45) is 5.19. The van der Waals surface area contributed by atoms with Crippen LogP contribution in [0.2, 0.25) is 0 Å². The van der Waals surface area contributed by atoms with E-state index in [9.17, 15) is 8.78 Å². The minimum Gasteiger partial charge on any atom is -0.333 e. The summed E-state index contributed by atoms with van der Waals surface area (Å²) >= 11 is 0. The van der Waals surface area contributed by atoms with Crippen LogP contribution in [0.15, 0.2) is 61.2 Å². The summed E-state index contributed by atoms with van der Waals surface area (Å²) in [5, 5.41) is 0. The molecule has 4 rings (SSSR count). The molecule has 0 aliphatic carbocycles. The highest BCUT2D eigenvalue weighted by Crippen LogP contribution is 2.31. The average molecular weight is 364 g/mol. The van der Waals surface area contributed by atoms with E-state index < -0.39 is 11.6 Å². The van der Waals surface area contributed by atoms with Crippen molar-refractivity contribution >= 4 is 0 Å². The molecule has 0 bridgehead atoms. The molecule has 4 aromatic rings. The van der Waals surface area contributed by atoms with E-state index in [2.05, 4.69) is 9.97 Å². The van der Waals surface area contributed by atoms with Crippen molar-refractivity contribution in [3.63, 3.8) is 0 Å². The summed E-state index contributed by atoms with van der Waals surface area (Å²) in [7, 11) is 1.89. The molecule has 2 aromatic carbocycles. The molecule has 0 fully saturated rings. The first-order chi connectivity index (χ1) is 13.1. The van der Waals surface area contributed by atoms with Gasteiger partial charge in [0.05, 0.1) is 18.6 Å². The van der Waals surface area contributed by atoms with Gasteiger partial charge in [-0.1, -0.05) is 42.5 Å². The maximum atomic E-state index is 14.4. The van der Waals surface area contributed by atoms with E-state index >= 15 is 0 Å². The van der Waals surface area contributed by atoms with E-state index in [0.29, 0.717) is 5.82 Å². The molecule has 4 nitrogen and oxygen atoms in total. The summed E-state index contributed by atoms with van der Waals surface area (Å²) in [6.45, 7) is 1.71. The lowest BCUT2D eigenvalue weighted by molar-refractivity contribution is 0.490. The Kier molecular flexibility index (Phi) is 4.32. The van der Waals surface area contributed by atoms with Crippen LogP contribution in [-0.4, -0.2) is 19.1 Å². The molecular weight excluding hydrogens is 346 g/mol. The summed E-state index contributed by atoms with van der Waals surface area (Å²) < 4.78 is 32.1. The van der Waals surface area contributed by atoms with Gasteiger partial charge in [-0.3, -0.25) is 0 Å². The first-order valence-electron chi connectivity index (χ1n) is 8.58. The number of aryl methyl sites for hydroxylation is 2. The monoisotopic (exact) mass is 364 g/mol. The highest BCUT2D eigenvalue weighted by Gasteiger charge is 2.20. The smallest absolute Gasteiger partial charge is 0.164 e. The quantitative estimate of drug-likeness (QED) is 0.531. The van der Waals surface area contributed by atoms with Gasteiger partial charge in [0.25, 0.3) is 0 Å². The Morgan fingerprint density at radius 2 is 1.74 bits per heavy atom. The predicted octanol–water partition coefficient (Wildman–Crippen LogP) is 4.59. The van der Waals surface area contributed by atoms with Crippen LogP contribution in [0.1, 0.15) is 11.1 Å². The van der Waals surface area contributed by atoms with E-state index in [0.717, 1.165) is 17.0 Å². The van der Waals surface area contributed by atoms with Gasteiger partial charge in [-0.15, -0.1) is 0 Å². The van der Waals surface area contributed by atoms with Gasteiger partial charge >= 0.3 is 0 Å². The van der Waals surface area contributed by atoms with E-state index in [1.807, 2.05) is 48.1 Å². The zero-order chi connectivity index (χ0) is 19.0. The van der Waals surface area contributed by atoms with E-state index in [4.69, 9.17) is 0 Å². The molecule has 0 N–H and O–H groups in total. The fourth-order valence-electron chi connectivity index (χ4n) is 3.13. The van der Waals surface area contributed by atoms with Crippen LogP contribution in [0.4, 0.5) is 8.78 Å². The third-order valence-electron chi connectivity index (χ3n) is 4.61. The van der Waals surface area contributed by atoms with Gasteiger partial charge in [0.1, 0.15) is 5.69 Å². The van der Waals surface area contributed by atoms with Crippen LogP contribution in [0.25, 0.3) is 22.8 Å². The van der Waals surface area contributed by atoms with Crippen molar-refractivity contribution in [1.82, 2.24) is 19.1 Å². The Morgan fingerprint density at radius 1 is 0.963 bits per heavy atom. The van der Waals surface area contributed by atoms with Crippen LogP contribution >= 0.6 is 0 Å². The molecule has 6 heteroatoms. The molecule has 0 saturated heterocycles. The van der Waals surface area contributed by atoms with Gasteiger partial charge in [0.2, 0.25) is 0 Å². The number of halogens is 2. The van der Waals surface area contributed by atoms with E-state index in [1.54, 1.807) is 36.1 Å². The van der Waals surface area contributed by atoms with E-state index in [1.165, 1.54) is 0 Å². The van der Waals surface area contributed by atoms with Gasteiger partial charge < -0.3 is 9.13 Å². The number of aromatic nitrogens is 4. The standard InChI is InChI=1S/C21H18F2N4/c1-14-8-9-16(18(23)17(14)22)12-27-13-25-19(15-6-4-3-5-7-15)20(27)21-24-10-11-26(21)2/h3-11,13H,12H2,1-2H3. The van der Waals surface area contributed by atoms with Gasteiger partial charge in [0.15, 0.2) is 17.5 Å². The number of hydrogen-bond donors (Lipinski definition) is 0. The lowest BCUT2D eigenvalue weighted by atomic mass is 10.1. The van der Waals surface area contributed by atoms with Crippen LogP contribution in [-0.2, 0) is 13.6 Å². The fraction of sp³-hybridized carbons (Fsp3) is 0.143. The molecule has 2 aromatic heterocycles. The molecule has 0 atom stereocenters. The Bertz CT molecular complexity index is 1100. The first kappa shape index (κ1) is 17.1. The topological polar surface area (TPSA) is 35.6 Å². The van der Waals surface area contributed by atoms with Crippen LogP contribution in [0.3, 0.4) is 0 Å². The summed E-state index contributed by atoms with van der Waals surface area (Å²) in [4.78, 5) is 8.98. The fourth-order valence-corrected chi connectivity index (χ4v) is 3.13. The molecule has 0 unspecified atom stereocenters. The zero-order valence-electron chi connectivity index (χ0n) is 15.0. The Morgan fingerprint density at radius 3 is 2.44 bits per heavy atom. The normalized spacial score (nSPS) is 11.1. The van der Waals surface area contributed by atoms with Crippen LogP contribution in [0.5, 0.6) is 0 Å². The molecule has 0 aliphatic heterocycles.